The van der Waals surface area contributed by atoms with Crippen molar-refractivity contribution in [2.24, 2.45) is 11.7 Å². The Morgan fingerprint density at radius 1 is 1.29 bits per heavy atom. The molecule has 5 nitrogen and oxygen atoms in total. The molecule has 0 saturated heterocycles. The number of carbonyl (C=O) groups excluding carboxylic acids is 1. The molecule has 0 aromatic heterocycles. The van der Waals surface area contributed by atoms with Gasteiger partial charge in [0.25, 0.3) is 0 Å². The minimum Gasteiger partial charge on any atom is -0.491 e. The average molecular weight is 348 g/mol. The number of aliphatic hydroxyl groups is 1. The summed E-state index contributed by atoms with van der Waals surface area (Å²) in [5, 5.41) is 12.3. The van der Waals surface area contributed by atoms with E-state index in [-0.39, 0.29) is 30.7 Å². The number of hydrogen-bond acceptors (Lipinski definition) is 4. The fraction of sp³-hybridized carbons (Fsp3) is 0.562. The van der Waals surface area contributed by atoms with E-state index < -0.39 is 23.9 Å². The summed E-state index contributed by atoms with van der Waals surface area (Å²) >= 11 is 0. The predicted octanol–water partition coefficient (Wildman–Crippen LogP) is 1.93. The first-order valence-electron chi connectivity index (χ1n) is 7.61. The van der Waals surface area contributed by atoms with Crippen LogP contribution >= 0.6 is 0 Å². The average Bonchev–Trinajstić information content (AvgIpc) is 2.49. The maximum Gasteiger partial charge on any atom is 0.416 e. The molecule has 136 valence electrons. The van der Waals surface area contributed by atoms with Crippen molar-refractivity contribution < 1.29 is 27.8 Å². The lowest BCUT2D eigenvalue weighted by Gasteiger charge is -2.17. The standard InChI is InChI=1S/C16H23F3N2O3/c1-10(2)7-14(20)15(23)21-8-12(22)9-24-13-5-3-11(4-6-13)16(17,18)19/h3-6,10,12,14,22H,7-9,20H2,1-2H3,(H,21,23)/t12?,14-/m0/s1. The Kier molecular flexibility index (Phi) is 7.50. The van der Waals surface area contributed by atoms with Crippen molar-refractivity contribution in [2.45, 2.75) is 38.6 Å². The quantitative estimate of drug-likeness (QED) is 0.670. The molecule has 0 heterocycles. The second kappa shape index (κ2) is 8.89. The van der Waals surface area contributed by atoms with Crippen LogP contribution in [0.5, 0.6) is 5.75 Å². The van der Waals surface area contributed by atoms with Gasteiger partial charge < -0.3 is 20.9 Å². The van der Waals surface area contributed by atoms with E-state index in [2.05, 4.69) is 5.32 Å². The van der Waals surface area contributed by atoms with E-state index in [1.165, 1.54) is 12.1 Å². The van der Waals surface area contributed by atoms with Crippen LogP contribution in [0.1, 0.15) is 25.8 Å². The van der Waals surface area contributed by atoms with Crippen LogP contribution in [0.2, 0.25) is 0 Å². The van der Waals surface area contributed by atoms with Gasteiger partial charge in [-0.2, -0.15) is 13.2 Å². The van der Waals surface area contributed by atoms with Crippen LogP contribution in [0.3, 0.4) is 0 Å². The number of carbonyl (C=O) groups is 1. The zero-order valence-corrected chi connectivity index (χ0v) is 13.6. The molecule has 0 aliphatic heterocycles. The molecule has 0 saturated carbocycles. The molecular weight excluding hydrogens is 325 g/mol. The zero-order valence-electron chi connectivity index (χ0n) is 13.6. The fourth-order valence-corrected chi connectivity index (χ4v) is 1.96. The number of nitrogens with one attached hydrogen (secondary N) is 1. The lowest BCUT2D eigenvalue weighted by molar-refractivity contribution is -0.137. The van der Waals surface area contributed by atoms with Crippen LogP contribution in [0.4, 0.5) is 13.2 Å². The maximum absolute atomic E-state index is 12.4. The largest absolute Gasteiger partial charge is 0.491 e. The van der Waals surface area contributed by atoms with Crippen molar-refractivity contribution in [3.63, 3.8) is 0 Å². The van der Waals surface area contributed by atoms with Crippen molar-refractivity contribution in [3.8, 4) is 5.75 Å². The first-order chi connectivity index (χ1) is 11.1. The van der Waals surface area contributed by atoms with Gasteiger partial charge in [0.2, 0.25) is 5.91 Å². The second-order valence-electron chi connectivity index (χ2n) is 5.97. The number of benzene rings is 1. The van der Waals surface area contributed by atoms with Gasteiger partial charge in [-0.05, 0) is 36.6 Å². The summed E-state index contributed by atoms with van der Waals surface area (Å²) in [5.41, 5.74) is 4.93. The summed E-state index contributed by atoms with van der Waals surface area (Å²) in [6.07, 6.45) is -4.87. The lowest BCUT2D eigenvalue weighted by atomic mass is 10.0. The van der Waals surface area contributed by atoms with Crippen LogP contribution in [-0.2, 0) is 11.0 Å². The molecule has 1 aromatic carbocycles. The molecule has 0 fully saturated rings. The van der Waals surface area contributed by atoms with Crippen molar-refractivity contribution in [1.82, 2.24) is 5.32 Å². The van der Waals surface area contributed by atoms with Gasteiger partial charge in [0.05, 0.1) is 11.6 Å². The third-order valence-electron chi connectivity index (χ3n) is 3.20. The molecular formula is C16H23F3N2O3. The third-order valence-corrected chi connectivity index (χ3v) is 3.20. The minimum absolute atomic E-state index is 0.0503. The highest BCUT2D eigenvalue weighted by Gasteiger charge is 2.30. The Bertz CT molecular complexity index is 518. The summed E-state index contributed by atoms with van der Waals surface area (Å²) < 4.78 is 42.5. The monoisotopic (exact) mass is 348 g/mol. The molecule has 1 unspecified atom stereocenters. The van der Waals surface area contributed by atoms with E-state index in [1.54, 1.807) is 0 Å². The molecule has 2 atom stereocenters. The lowest BCUT2D eigenvalue weighted by Crippen LogP contribution is -2.45. The van der Waals surface area contributed by atoms with Gasteiger partial charge in [0.15, 0.2) is 0 Å². The molecule has 1 rings (SSSR count). The van der Waals surface area contributed by atoms with E-state index in [1.807, 2.05) is 13.8 Å². The van der Waals surface area contributed by atoms with E-state index >= 15 is 0 Å². The highest BCUT2D eigenvalue weighted by atomic mass is 19.4. The van der Waals surface area contributed by atoms with E-state index in [0.717, 1.165) is 12.1 Å². The van der Waals surface area contributed by atoms with Crippen molar-refractivity contribution >= 4 is 5.91 Å². The summed E-state index contributed by atoms with van der Waals surface area (Å²) in [6, 6.07) is 3.50. The first-order valence-corrected chi connectivity index (χ1v) is 7.61. The van der Waals surface area contributed by atoms with E-state index in [0.29, 0.717) is 6.42 Å². The number of aliphatic hydroxyl groups excluding tert-OH is 1. The number of hydrogen-bond donors (Lipinski definition) is 3. The van der Waals surface area contributed by atoms with Crippen LogP contribution in [0, 0.1) is 5.92 Å². The van der Waals surface area contributed by atoms with Crippen LogP contribution in [0.25, 0.3) is 0 Å². The highest BCUT2D eigenvalue weighted by molar-refractivity contribution is 5.81. The van der Waals surface area contributed by atoms with Gasteiger partial charge in [-0.15, -0.1) is 0 Å². The zero-order chi connectivity index (χ0) is 18.3. The summed E-state index contributed by atoms with van der Waals surface area (Å²) in [5.74, 6) is 0.112. The molecule has 1 amide bonds. The second-order valence-corrected chi connectivity index (χ2v) is 5.97. The molecule has 24 heavy (non-hydrogen) atoms. The molecule has 8 heteroatoms. The van der Waals surface area contributed by atoms with Gasteiger partial charge in [-0.1, -0.05) is 13.8 Å². The highest BCUT2D eigenvalue weighted by Crippen LogP contribution is 2.30. The fourth-order valence-electron chi connectivity index (χ4n) is 1.96. The summed E-state index contributed by atoms with van der Waals surface area (Å²) in [6.45, 7) is 3.68. The smallest absolute Gasteiger partial charge is 0.416 e. The number of halogens is 3. The van der Waals surface area contributed by atoms with E-state index in [9.17, 15) is 23.1 Å². The SMILES string of the molecule is CC(C)C[C@H](N)C(=O)NCC(O)COc1ccc(C(F)(F)F)cc1. The molecule has 4 N–H and O–H groups in total. The van der Waals surface area contributed by atoms with Gasteiger partial charge in [-0.3, -0.25) is 4.79 Å². The predicted molar refractivity (Wildman–Crippen MR) is 83.4 cm³/mol. The minimum atomic E-state index is -4.41. The number of rotatable bonds is 8. The van der Waals surface area contributed by atoms with Crippen molar-refractivity contribution in [1.29, 1.82) is 0 Å². The Labute approximate surface area is 139 Å². The normalized spacial score (nSPS) is 14.3. The third kappa shape index (κ3) is 7.18. The molecule has 1 aromatic rings. The molecule has 0 bridgehead atoms. The summed E-state index contributed by atoms with van der Waals surface area (Å²) in [7, 11) is 0. The number of ether oxygens (including phenoxy) is 1. The number of nitrogens with two attached hydrogens (primary N) is 1. The molecule has 0 aliphatic carbocycles. The Balaban J connectivity index is 2.36. The van der Waals surface area contributed by atoms with Gasteiger partial charge in [0, 0.05) is 6.54 Å². The topological polar surface area (TPSA) is 84.6 Å². The molecule has 0 aliphatic rings. The van der Waals surface area contributed by atoms with Crippen LogP contribution < -0.4 is 15.8 Å². The van der Waals surface area contributed by atoms with Crippen LogP contribution in [-0.4, -0.2) is 36.3 Å². The molecule has 0 spiro atoms. The summed E-state index contributed by atoms with van der Waals surface area (Å²) in [4.78, 5) is 11.7. The molecule has 0 radical (unpaired) electrons. The van der Waals surface area contributed by atoms with Crippen molar-refractivity contribution in [2.75, 3.05) is 13.2 Å². The van der Waals surface area contributed by atoms with Gasteiger partial charge in [-0.25, -0.2) is 0 Å². The number of amides is 1. The Hall–Kier alpha value is -1.80. The maximum atomic E-state index is 12.4. The van der Waals surface area contributed by atoms with Crippen LogP contribution in [0.15, 0.2) is 24.3 Å². The first kappa shape index (κ1) is 20.2. The van der Waals surface area contributed by atoms with Gasteiger partial charge in [0.1, 0.15) is 18.5 Å². The Morgan fingerprint density at radius 3 is 2.38 bits per heavy atom. The van der Waals surface area contributed by atoms with Crippen molar-refractivity contribution in [3.05, 3.63) is 29.8 Å². The number of alkyl halides is 3. The Morgan fingerprint density at radius 2 is 1.88 bits per heavy atom. The van der Waals surface area contributed by atoms with Gasteiger partial charge >= 0.3 is 6.18 Å². The van der Waals surface area contributed by atoms with E-state index in [4.69, 9.17) is 10.5 Å².